The second kappa shape index (κ2) is 8.84. The lowest BCUT2D eigenvalue weighted by Gasteiger charge is -2.28. The molecule has 1 aliphatic rings. The van der Waals surface area contributed by atoms with Crippen LogP contribution in [-0.4, -0.2) is 44.1 Å². The minimum absolute atomic E-state index is 0.0845. The van der Waals surface area contributed by atoms with Gasteiger partial charge in [0.2, 0.25) is 10.0 Å². The molecule has 1 aliphatic heterocycles. The summed E-state index contributed by atoms with van der Waals surface area (Å²) in [5.41, 5.74) is 7.23. The van der Waals surface area contributed by atoms with Gasteiger partial charge in [0.15, 0.2) is 0 Å². The van der Waals surface area contributed by atoms with Crippen LogP contribution in [0.1, 0.15) is 19.4 Å². The summed E-state index contributed by atoms with van der Waals surface area (Å²) < 4.78 is 33.3. The van der Waals surface area contributed by atoms with Crippen LogP contribution >= 0.6 is 0 Å². The van der Waals surface area contributed by atoms with E-state index >= 15 is 0 Å². The number of carbonyl (C=O) groups is 1. The van der Waals surface area contributed by atoms with Gasteiger partial charge in [-0.3, -0.25) is 0 Å². The molecule has 0 saturated carbocycles. The molecule has 156 valence electrons. The Kier molecular flexibility index (Phi) is 6.44. The molecule has 2 unspecified atom stereocenters. The summed E-state index contributed by atoms with van der Waals surface area (Å²) in [6.07, 6.45) is -0.537. The van der Waals surface area contributed by atoms with Crippen molar-refractivity contribution in [1.82, 2.24) is 9.62 Å². The first kappa shape index (κ1) is 21.1. The topological polar surface area (TPSA) is 102 Å². The molecule has 3 N–H and O–H groups in total. The number of carbonyl (C=O) groups excluding carboxylic acids is 1. The van der Waals surface area contributed by atoms with Crippen LogP contribution in [0.3, 0.4) is 0 Å². The summed E-state index contributed by atoms with van der Waals surface area (Å²) in [5.74, 6) is 0.108. The van der Waals surface area contributed by atoms with Crippen molar-refractivity contribution in [3.63, 3.8) is 0 Å². The molecule has 2 aromatic rings. The second-order valence-corrected chi connectivity index (χ2v) is 9.61. The number of nitrogens with two attached hydrogens (primary N) is 1. The Bertz CT molecular complexity index is 930. The summed E-state index contributed by atoms with van der Waals surface area (Å²) in [7, 11) is -3.76. The third-order valence-electron chi connectivity index (χ3n) is 4.78. The first-order valence-electron chi connectivity index (χ1n) is 9.62. The molecule has 0 radical (unpaired) electrons. The zero-order valence-corrected chi connectivity index (χ0v) is 17.4. The summed E-state index contributed by atoms with van der Waals surface area (Å²) in [5, 5.41) is 2.81. The molecule has 2 aromatic carbocycles. The van der Waals surface area contributed by atoms with Gasteiger partial charge in [-0.05, 0) is 42.2 Å². The minimum atomic E-state index is -3.76. The number of nitrogens with one attached hydrogen (secondary N) is 1. The fourth-order valence-corrected chi connectivity index (χ4v) is 5.00. The van der Waals surface area contributed by atoms with Gasteiger partial charge in [0.05, 0.1) is 17.5 Å². The highest BCUT2D eigenvalue weighted by Gasteiger charge is 2.38. The van der Waals surface area contributed by atoms with Crippen molar-refractivity contribution >= 4 is 21.8 Å². The molecule has 0 spiro atoms. The lowest BCUT2D eigenvalue weighted by molar-refractivity contribution is 0.114. The molecule has 1 amide bonds. The Hall–Kier alpha value is -2.58. The van der Waals surface area contributed by atoms with Gasteiger partial charge in [-0.1, -0.05) is 44.2 Å². The molecule has 0 bridgehead atoms. The van der Waals surface area contributed by atoms with E-state index in [0.29, 0.717) is 18.7 Å². The first-order chi connectivity index (χ1) is 13.8. The highest BCUT2D eigenvalue weighted by Crippen LogP contribution is 2.22. The Morgan fingerprint density at radius 2 is 1.76 bits per heavy atom. The van der Waals surface area contributed by atoms with Crippen LogP contribution in [0.4, 0.5) is 10.5 Å². The van der Waals surface area contributed by atoms with Crippen LogP contribution in [0.5, 0.6) is 0 Å². The fourth-order valence-electron chi connectivity index (χ4n) is 3.38. The number of amides is 1. The van der Waals surface area contributed by atoms with E-state index in [-0.39, 0.29) is 23.4 Å². The Morgan fingerprint density at radius 3 is 2.38 bits per heavy atom. The van der Waals surface area contributed by atoms with Gasteiger partial charge in [-0.15, -0.1) is 0 Å². The molecule has 7 nitrogen and oxygen atoms in total. The van der Waals surface area contributed by atoms with Gasteiger partial charge in [0, 0.05) is 12.2 Å². The quantitative estimate of drug-likeness (QED) is 0.643. The lowest BCUT2D eigenvalue weighted by Crippen LogP contribution is -2.45. The number of hydrogen-bond donors (Lipinski definition) is 2. The number of ether oxygens (including phenoxy) is 1. The fraction of sp³-hybridized carbons (Fsp3) is 0.381. The van der Waals surface area contributed by atoms with Gasteiger partial charge in [-0.25, -0.2) is 13.2 Å². The van der Waals surface area contributed by atoms with Crippen molar-refractivity contribution in [3.8, 4) is 0 Å². The van der Waals surface area contributed by atoms with Gasteiger partial charge >= 0.3 is 6.09 Å². The maximum absolute atomic E-state index is 13.2. The SMILES string of the molecule is CC(C)CN(CC1OC(=O)NC1Cc1ccccc1)S(=O)(=O)c1ccc(N)cc1. The molecule has 0 aromatic heterocycles. The first-order valence-corrected chi connectivity index (χ1v) is 11.1. The highest BCUT2D eigenvalue weighted by atomic mass is 32.2. The predicted octanol–water partition coefficient (Wildman–Crippen LogP) is 2.64. The van der Waals surface area contributed by atoms with E-state index in [9.17, 15) is 13.2 Å². The monoisotopic (exact) mass is 417 g/mol. The van der Waals surface area contributed by atoms with E-state index < -0.39 is 22.2 Å². The predicted molar refractivity (Wildman–Crippen MR) is 112 cm³/mol. The van der Waals surface area contributed by atoms with Gasteiger partial charge in [0.1, 0.15) is 6.10 Å². The maximum atomic E-state index is 13.2. The molecule has 3 rings (SSSR count). The second-order valence-electron chi connectivity index (χ2n) is 7.67. The van der Waals surface area contributed by atoms with Gasteiger partial charge in [0.25, 0.3) is 0 Å². The standard InChI is InChI=1S/C21H27N3O4S/c1-15(2)13-24(29(26,27)18-10-8-17(22)9-11-18)14-20-19(23-21(25)28-20)12-16-6-4-3-5-7-16/h3-11,15,19-20H,12-14,22H2,1-2H3,(H,23,25). The van der Waals surface area contributed by atoms with Gasteiger partial charge < -0.3 is 15.8 Å². The molecule has 1 saturated heterocycles. The lowest BCUT2D eigenvalue weighted by atomic mass is 10.0. The molecule has 8 heteroatoms. The number of nitrogen functional groups attached to an aromatic ring is 1. The van der Waals surface area contributed by atoms with E-state index in [1.165, 1.54) is 16.4 Å². The summed E-state index contributed by atoms with van der Waals surface area (Å²) in [6, 6.07) is 15.5. The third-order valence-corrected chi connectivity index (χ3v) is 6.62. The molecule has 29 heavy (non-hydrogen) atoms. The average Bonchev–Trinajstić information content (AvgIpc) is 3.01. The number of nitrogens with zero attached hydrogens (tertiary/aromatic N) is 1. The zero-order chi connectivity index (χ0) is 21.0. The van der Waals surface area contributed by atoms with Crippen LogP contribution in [0, 0.1) is 5.92 Å². The summed E-state index contributed by atoms with van der Waals surface area (Å²) in [4.78, 5) is 12.1. The molecule has 1 heterocycles. The molecular weight excluding hydrogens is 390 g/mol. The van der Waals surface area contributed by atoms with Gasteiger partial charge in [-0.2, -0.15) is 4.31 Å². The Morgan fingerprint density at radius 1 is 1.10 bits per heavy atom. The van der Waals surface area contributed by atoms with E-state index in [1.54, 1.807) is 12.1 Å². The highest BCUT2D eigenvalue weighted by molar-refractivity contribution is 7.89. The number of alkyl carbamates (subject to hydrolysis) is 1. The smallest absolute Gasteiger partial charge is 0.407 e. The molecule has 2 atom stereocenters. The van der Waals surface area contributed by atoms with Crippen LogP contribution in [0.2, 0.25) is 0 Å². The van der Waals surface area contributed by atoms with Crippen LogP contribution in [0.15, 0.2) is 59.5 Å². The Balaban J connectivity index is 1.83. The van der Waals surface area contributed by atoms with Crippen LogP contribution in [0.25, 0.3) is 0 Å². The van der Waals surface area contributed by atoms with E-state index in [4.69, 9.17) is 10.5 Å². The number of rotatable bonds is 8. The van der Waals surface area contributed by atoms with E-state index in [2.05, 4.69) is 5.32 Å². The summed E-state index contributed by atoms with van der Waals surface area (Å²) in [6.45, 7) is 4.30. The number of hydrogen-bond acceptors (Lipinski definition) is 5. The maximum Gasteiger partial charge on any atom is 0.407 e. The third kappa shape index (κ3) is 5.27. The molecule has 0 aliphatic carbocycles. The normalized spacial score (nSPS) is 19.4. The average molecular weight is 418 g/mol. The van der Waals surface area contributed by atoms with Crippen molar-refractivity contribution in [2.75, 3.05) is 18.8 Å². The number of benzene rings is 2. The van der Waals surface area contributed by atoms with Crippen LogP contribution in [-0.2, 0) is 21.2 Å². The van der Waals surface area contributed by atoms with Crippen molar-refractivity contribution in [1.29, 1.82) is 0 Å². The molecule has 1 fully saturated rings. The van der Waals surface area contributed by atoms with Crippen molar-refractivity contribution in [2.45, 2.75) is 37.3 Å². The van der Waals surface area contributed by atoms with Crippen molar-refractivity contribution in [3.05, 3.63) is 60.2 Å². The van der Waals surface area contributed by atoms with Crippen molar-refractivity contribution < 1.29 is 17.9 Å². The number of anilines is 1. The number of sulfonamides is 1. The molecular formula is C21H27N3O4S. The van der Waals surface area contributed by atoms with E-state index in [0.717, 1.165) is 5.56 Å². The largest absolute Gasteiger partial charge is 0.443 e. The zero-order valence-electron chi connectivity index (χ0n) is 16.6. The minimum Gasteiger partial charge on any atom is -0.443 e. The number of cyclic esters (lactones) is 1. The Labute approximate surface area is 171 Å². The van der Waals surface area contributed by atoms with E-state index in [1.807, 2.05) is 44.2 Å². The van der Waals surface area contributed by atoms with Crippen LogP contribution < -0.4 is 11.1 Å². The van der Waals surface area contributed by atoms with Crippen molar-refractivity contribution in [2.24, 2.45) is 5.92 Å². The summed E-state index contributed by atoms with van der Waals surface area (Å²) >= 11 is 0.